The summed E-state index contributed by atoms with van der Waals surface area (Å²) < 4.78 is 0. The van der Waals surface area contributed by atoms with E-state index in [1.54, 1.807) is 11.8 Å². The van der Waals surface area contributed by atoms with Crippen LogP contribution in [-0.4, -0.2) is 4.98 Å². The Kier molecular flexibility index (Phi) is 5.03. The van der Waals surface area contributed by atoms with E-state index in [1.807, 2.05) is 24.3 Å². The molecule has 1 aliphatic carbocycles. The van der Waals surface area contributed by atoms with Gasteiger partial charge in [-0.2, -0.15) is 10.5 Å². The molecule has 1 aliphatic rings. The Labute approximate surface area is 146 Å². The molecule has 3 rings (SSSR count). The van der Waals surface area contributed by atoms with Gasteiger partial charge in [-0.05, 0) is 30.4 Å². The Morgan fingerprint density at radius 3 is 2.50 bits per heavy atom. The molecule has 1 atom stereocenters. The number of hydrogen-bond donors (Lipinski definition) is 1. The first-order valence-corrected chi connectivity index (χ1v) is 8.91. The number of rotatable bonds is 6. The van der Waals surface area contributed by atoms with Crippen LogP contribution < -0.4 is 5.73 Å². The molecular weight excluding hydrogens is 316 g/mol. The highest BCUT2D eigenvalue weighted by Gasteiger charge is 2.24. The predicted molar refractivity (Wildman–Crippen MR) is 95.1 cm³/mol. The van der Waals surface area contributed by atoms with Crippen LogP contribution in [0.4, 0.5) is 5.82 Å². The molecule has 2 aromatic rings. The van der Waals surface area contributed by atoms with Gasteiger partial charge in [-0.1, -0.05) is 54.9 Å². The van der Waals surface area contributed by atoms with E-state index >= 15 is 0 Å². The van der Waals surface area contributed by atoms with E-state index in [0.717, 1.165) is 12.3 Å². The number of thioether (sulfide) groups is 1. The van der Waals surface area contributed by atoms with E-state index in [1.165, 1.54) is 30.9 Å². The van der Waals surface area contributed by atoms with Crippen molar-refractivity contribution in [3.8, 4) is 12.1 Å². The highest BCUT2D eigenvalue weighted by Crippen LogP contribution is 2.43. The van der Waals surface area contributed by atoms with Crippen LogP contribution in [0.2, 0.25) is 0 Å². The number of aromatic nitrogens is 1. The largest absolute Gasteiger partial charge is 0.383 e. The van der Waals surface area contributed by atoms with Crippen molar-refractivity contribution in [3.63, 3.8) is 0 Å². The van der Waals surface area contributed by atoms with E-state index in [2.05, 4.69) is 23.2 Å². The van der Waals surface area contributed by atoms with Crippen LogP contribution in [0.25, 0.3) is 0 Å². The topological polar surface area (TPSA) is 86.5 Å². The summed E-state index contributed by atoms with van der Waals surface area (Å²) in [6.45, 7) is 0. The van der Waals surface area contributed by atoms with Gasteiger partial charge in [-0.15, -0.1) is 0 Å². The third kappa shape index (κ3) is 3.88. The molecule has 0 radical (unpaired) electrons. The van der Waals surface area contributed by atoms with Gasteiger partial charge >= 0.3 is 0 Å². The first-order valence-electron chi connectivity index (χ1n) is 8.03. The summed E-state index contributed by atoms with van der Waals surface area (Å²) >= 11 is 1.57. The van der Waals surface area contributed by atoms with Gasteiger partial charge in [0.25, 0.3) is 0 Å². The molecule has 0 spiro atoms. The maximum absolute atomic E-state index is 9.39. The monoisotopic (exact) mass is 334 g/mol. The van der Waals surface area contributed by atoms with Gasteiger partial charge in [0.05, 0.1) is 11.1 Å². The summed E-state index contributed by atoms with van der Waals surface area (Å²) in [6.07, 6.45) is 4.90. The van der Waals surface area contributed by atoms with Gasteiger partial charge in [0.15, 0.2) is 0 Å². The van der Waals surface area contributed by atoms with Crippen LogP contribution in [0, 0.1) is 28.6 Å². The molecule has 2 N–H and O–H groups in total. The van der Waals surface area contributed by atoms with Crippen LogP contribution in [-0.2, 0) is 0 Å². The molecule has 0 saturated heterocycles. The predicted octanol–water partition coefficient (Wildman–Crippen LogP) is 4.43. The number of nitrogens with zero attached hydrogens (tertiary/aromatic N) is 3. The number of hydrogen-bond acceptors (Lipinski definition) is 5. The number of anilines is 1. The molecule has 5 heteroatoms. The first-order chi connectivity index (χ1) is 11.7. The molecule has 24 heavy (non-hydrogen) atoms. The number of pyridine rings is 1. The van der Waals surface area contributed by atoms with Crippen LogP contribution in [0.5, 0.6) is 0 Å². The third-order valence-corrected chi connectivity index (χ3v) is 5.54. The molecular formula is C19H18N4S. The summed E-state index contributed by atoms with van der Waals surface area (Å²) in [5, 5.41) is 19.3. The molecule has 1 aromatic carbocycles. The van der Waals surface area contributed by atoms with E-state index < -0.39 is 0 Å². The van der Waals surface area contributed by atoms with Gasteiger partial charge in [0.2, 0.25) is 0 Å². The smallest absolute Gasteiger partial charge is 0.142 e. The van der Waals surface area contributed by atoms with E-state index in [0.29, 0.717) is 10.6 Å². The lowest BCUT2D eigenvalue weighted by molar-refractivity contribution is 0.657. The number of benzene rings is 1. The van der Waals surface area contributed by atoms with Crippen molar-refractivity contribution >= 4 is 17.6 Å². The zero-order valence-electron chi connectivity index (χ0n) is 13.3. The van der Waals surface area contributed by atoms with Crippen molar-refractivity contribution in [3.05, 3.63) is 53.1 Å². The standard InChI is InChI=1S/C19H18N4S/c20-11-15-10-16(12-21)19(23-18(15)22)24-17(9-8-13-6-7-13)14-4-2-1-3-5-14/h1-5,10,13,17H,6-9H2,(H2,22,23)/t17-/m1/s1. The summed E-state index contributed by atoms with van der Waals surface area (Å²) in [5.41, 5.74) is 7.75. The third-order valence-electron chi connectivity index (χ3n) is 4.22. The number of nitrogens with two attached hydrogens (primary N) is 1. The Hall–Kier alpha value is -2.50. The second-order valence-corrected chi connectivity index (χ2v) is 7.23. The quantitative estimate of drug-likeness (QED) is 0.790. The zero-order chi connectivity index (χ0) is 16.9. The Bertz CT molecular complexity index is 801. The van der Waals surface area contributed by atoms with Crippen molar-refractivity contribution in [2.24, 2.45) is 5.92 Å². The van der Waals surface area contributed by atoms with Gasteiger partial charge < -0.3 is 5.73 Å². The molecule has 120 valence electrons. The first kappa shape index (κ1) is 16.4. The number of nitrogen functional groups attached to an aromatic ring is 1. The second kappa shape index (κ2) is 7.38. The van der Waals surface area contributed by atoms with Crippen LogP contribution in [0.3, 0.4) is 0 Å². The van der Waals surface area contributed by atoms with Gasteiger partial charge in [-0.25, -0.2) is 4.98 Å². The van der Waals surface area contributed by atoms with Crippen molar-refractivity contribution in [2.45, 2.75) is 36.0 Å². The Morgan fingerprint density at radius 1 is 1.17 bits per heavy atom. The van der Waals surface area contributed by atoms with Crippen LogP contribution in [0.15, 0.2) is 41.4 Å². The highest BCUT2D eigenvalue weighted by atomic mass is 32.2. The molecule has 0 unspecified atom stereocenters. The zero-order valence-corrected chi connectivity index (χ0v) is 14.1. The molecule has 1 aromatic heterocycles. The fourth-order valence-electron chi connectivity index (χ4n) is 2.66. The average Bonchev–Trinajstić information content (AvgIpc) is 3.44. The summed E-state index contributed by atoms with van der Waals surface area (Å²) in [6, 6.07) is 16.0. The van der Waals surface area contributed by atoms with Gasteiger partial charge in [0, 0.05) is 5.25 Å². The molecule has 0 amide bonds. The van der Waals surface area contributed by atoms with Crippen molar-refractivity contribution < 1.29 is 0 Å². The van der Waals surface area contributed by atoms with Crippen molar-refractivity contribution in [1.29, 1.82) is 10.5 Å². The molecule has 0 aliphatic heterocycles. The highest BCUT2D eigenvalue weighted by molar-refractivity contribution is 7.99. The fourth-order valence-corrected chi connectivity index (χ4v) is 3.86. The van der Waals surface area contributed by atoms with E-state index in [9.17, 15) is 5.26 Å². The average molecular weight is 334 g/mol. The van der Waals surface area contributed by atoms with E-state index in [-0.39, 0.29) is 16.6 Å². The lowest BCUT2D eigenvalue weighted by Crippen LogP contribution is -2.02. The second-order valence-electron chi connectivity index (χ2n) is 6.04. The van der Waals surface area contributed by atoms with Gasteiger partial charge in [-0.3, -0.25) is 0 Å². The number of nitriles is 2. The molecule has 1 fully saturated rings. The van der Waals surface area contributed by atoms with Crippen LogP contribution >= 0.6 is 11.8 Å². The lowest BCUT2D eigenvalue weighted by Gasteiger charge is -2.17. The van der Waals surface area contributed by atoms with Crippen molar-refractivity contribution in [1.82, 2.24) is 4.98 Å². The molecule has 0 bridgehead atoms. The maximum Gasteiger partial charge on any atom is 0.142 e. The molecule has 1 saturated carbocycles. The Balaban J connectivity index is 1.88. The lowest BCUT2D eigenvalue weighted by atomic mass is 10.1. The maximum atomic E-state index is 9.39. The summed E-state index contributed by atoms with van der Waals surface area (Å²) in [5.74, 6) is 1.04. The Morgan fingerprint density at radius 2 is 1.88 bits per heavy atom. The normalized spacial score (nSPS) is 14.6. The van der Waals surface area contributed by atoms with Crippen LogP contribution in [0.1, 0.15) is 47.6 Å². The summed E-state index contributed by atoms with van der Waals surface area (Å²) in [4.78, 5) is 4.32. The summed E-state index contributed by atoms with van der Waals surface area (Å²) in [7, 11) is 0. The van der Waals surface area contributed by atoms with E-state index in [4.69, 9.17) is 11.0 Å². The minimum Gasteiger partial charge on any atom is -0.383 e. The SMILES string of the molecule is N#Cc1cc(C#N)c(S[C@H](CCC2CC2)c2ccccc2)nc1N. The molecule has 4 nitrogen and oxygen atoms in total. The minimum atomic E-state index is 0.188. The molecule has 1 heterocycles. The minimum absolute atomic E-state index is 0.188. The van der Waals surface area contributed by atoms with Gasteiger partial charge in [0.1, 0.15) is 23.0 Å². The van der Waals surface area contributed by atoms with Crippen molar-refractivity contribution in [2.75, 3.05) is 5.73 Å². The fraction of sp³-hybridized carbons (Fsp3) is 0.316.